The maximum atomic E-state index is 12.0. The highest BCUT2D eigenvalue weighted by Gasteiger charge is 2.32. The fourth-order valence-electron chi connectivity index (χ4n) is 5.07. The van der Waals surface area contributed by atoms with E-state index in [1.807, 2.05) is 0 Å². The number of hydrogen-bond acceptors (Lipinski definition) is 6. The molecule has 31 heavy (non-hydrogen) atoms. The quantitative estimate of drug-likeness (QED) is 0.345. The highest BCUT2D eigenvalue weighted by Crippen LogP contribution is 2.38. The molecule has 0 bridgehead atoms. The minimum Gasteiger partial charge on any atom is -0.434 e. The fourth-order valence-corrected chi connectivity index (χ4v) is 5.07. The molecule has 2 fully saturated rings. The number of carbonyl (C=O) groups is 1. The number of nitrogens with one attached hydrogen (secondary N) is 1. The van der Waals surface area contributed by atoms with Crippen molar-refractivity contribution in [2.45, 2.75) is 109 Å². The van der Waals surface area contributed by atoms with E-state index in [4.69, 9.17) is 19.2 Å². The normalized spacial score (nSPS) is 26.5. The second kappa shape index (κ2) is 13.0. The van der Waals surface area contributed by atoms with E-state index in [2.05, 4.69) is 24.0 Å². The van der Waals surface area contributed by atoms with Crippen LogP contribution < -0.4 is 0 Å². The molecule has 3 rings (SSSR count). The first kappa shape index (κ1) is 24.0. The number of unbranched alkanes of at least 4 members (excludes halogenated alkanes) is 3. The third kappa shape index (κ3) is 7.48. The molecule has 0 spiro atoms. The Hall–Kier alpha value is -1.63. The van der Waals surface area contributed by atoms with Crippen LogP contribution in [0.1, 0.15) is 114 Å². The number of aromatic nitrogens is 3. The van der Waals surface area contributed by atoms with Crippen molar-refractivity contribution in [3.63, 3.8) is 0 Å². The van der Waals surface area contributed by atoms with Gasteiger partial charge in [-0.1, -0.05) is 45.4 Å². The molecule has 1 aromatic heterocycles. The number of aromatic amines is 1. The average Bonchev–Trinajstić information content (AvgIpc) is 3.28. The Morgan fingerprint density at radius 2 is 1.90 bits per heavy atom. The summed E-state index contributed by atoms with van der Waals surface area (Å²) < 4.78 is 16.5. The second-order valence-electron chi connectivity index (χ2n) is 9.14. The Balaban J connectivity index is 1.49. The van der Waals surface area contributed by atoms with Crippen molar-refractivity contribution in [2.75, 3.05) is 19.8 Å². The molecule has 4 atom stereocenters. The summed E-state index contributed by atoms with van der Waals surface area (Å²) in [6.45, 7) is 5.83. The van der Waals surface area contributed by atoms with Crippen LogP contribution in [0, 0.1) is 5.92 Å². The van der Waals surface area contributed by atoms with Crippen molar-refractivity contribution in [3.8, 4) is 0 Å². The number of rotatable bonds is 11. The highest BCUT2D eigenvalue weighted by atomic mass is 16.7. The molecule has 7 nitrogen and oxygen atoms in total. The summed E-state index contributed by atoms with van der Waals surface area (Å²) >= 11 is 0. The average molecular weight is 436 g/mol. The molecule has 0 saturated heterocycles. The molecule has 0 aliphatic heterocycles. The van der Waals surface area contributed by atoms with E-state index in [-0.39, 0.29) is 11.8 Å². The molecule has 176 valence electrons. The number of H-pyrrole nitrogens is 1. The molecule has 2 aliphatic rings. The number of ether oxygens (including phenoxy) is 3. The molecule has 2 aliphatic carbocycles. The highest BCUT2D eigenvalue weighted by molar-refractivity contribution is 5.59. The third-order valence-electron chi connectivity index (χ3n) is 6.81. The van der Waals surface area contributed by atoms with Crippen LogP contribution in [0.3, 0.4) is 0 Å². The maximum Gasteiger partial charge on any atom is 0.508 e. The SMILES string of the molecule is CCCCCCOC(=O)OCC1CCCCC1c1nc(C2CCCC(OCC)C2)n[nH]1. The number of nitrogens with zero attached hydrogens (tertiary/aromatic N) is 2. The lowest BCUT2D eigenvalue weighted by atomic mass is 9.79. The van der Waals surface area contributed by atoms with Gasteiger partial charge in [0.05, 0.1) is 19.3 Å². The van der Waals surface area contributed by atoms with Crippen LogP contribution in [0.2, 0.25) is 0 Å². The summed E-state index contributed by atoms with van der Waals surface area (Å²) in [5, 5.41) is 7.80. The van der Waals surface area contributed by atoms with Gasteiger partial charge in [0, 0.05) is 24.4 Å². The van der Waals surface area contributed by atoms with Gasteiger partial charge in [-0.3, -0.25) is 5.10 Å². The van der Waals surface area contributed by atoms with Crippen molar-refractivity contribution in [3.05, 3.63) is 11.6 Å². The van der Waals surface area contributed by atoms with Gasteiger partial charge in [0.25, 0.3) is 0 Å². The Labute approximate surface area is 187 Å². The van der Waals surface area contributed by atoms with Gasteiger partial charge in [-0.05, 0) is 45.4 Å². The van der Waals surface area contributed by atoms with Crippen LogP contribution in [0.15, 0.2) is 0 Å². The predicted octanol–water partition coefficient (Wildman–Crippen LogP) is 5.87. The summed E-state index contributed by atoms with van der Waals surface area (Å²) in [7, 11) is 0. The molecule has 7 heteroatoms. The molecule has 0 radical (unpaired) electrons. The molecule has 1 heterocycles. The maximum absolute atomic E-state index is 12.0. The zero-order valence-electron chi connectivity index (χ0n) is 19.4. The molecule has 2 saturated carbocycles. The number of hydrogen-bond donors (Lipinski definition) is 1. The van der Waals surface area contributed by atoms with Crippen LogP contribution in [-0.2, 0) is 14.2 Å². The lowest BCUT2D eigenvalue weighted by Gasteiger charge is -2.29. The van der Waals surface area contributed by atoms with Crippen molar-refractivity contribution in [2.24, 2.45) is 5.92 Å². The molecule has 0 amide bonds. The summed E-state index contributed by atoms with van der Waals surface area (Å²) in [6, 6.07) is 0. The zero-order valence-corrected chi connectivity index (χ0v) is 19.4. The van der Waals surface area contributed by atoms with Gasteiger partial charge in [-0.15, -0.1) is 0 Å². The number of carbonyl (C=O) groups excluding carboxylic acids is 1. The Kier molecular flexibility index (Phi) is 10.1. The molecule has 0 aromatic carbocycles. The standard InChI is InChI=1S/C24H41N3O4/c1-3-5-6-9-15-30-24(28)31-17-19-11-7-8-14-21(19)23-25-22(26-27-23)18-12-10-13-20(16-18)29-4-2/h18-21H,3-17H2,1-2H3,(H,25,26,27). The first-order valence-electron chi connectivity index (χ1n) is 12.5. The van der Waals surface area contributed by atoms with Crippen LogP contribution in [0.4, 0.5) is 4.79 Å². The topological polar surface area (TPSA) is 86.3 Å². The summed E-state index contributed by atoms with van der Waals surface area (Å²) in [5.74, 6) is 2.78. The fraction of sp³-hybridized carbons (Fsp3) is 0.875. The lowest BCUT2D eigenvalue weighted by Crippen LogP contribution is -2.25. The first-order chi connectivity index (χ1) is 15.2. The Bertz CT molecular complexity index is 649. The van der Waals surface area contributed by atoms with E-state index in [1.54, 1.807) is 0 Å². The molecule has 1 aromatic rings. The van der Waals surface area contributed by atoms with Crippen molar-refractivity contribution < 1.29 is 19.0 Å². The van der Waals surface area contributed by atoms with Gasteiger partial charge < -0.3 is 14.2 Å². The minimum absolute atomic E-state index is 0.263. The molecular formula is C24H41N3O4. The van der Waals surface area contributed by atoms with Gasteiger partial charge in [0.2, 0.25) is 0 Å². The van der Waals surface area contributed by atoms with E-state index >= 15 is 0 Å². The van der Waals surface area contributed by atoms with Gasteiger partial charge >= 0.3 is 6.16 Å². The Morgan fingerprint density at radius 1 is 1.03 bits per heavy atom. The molecule has 4 unspecified atom stereocenters. The van der Waals surface area contributed by atoms with Crippen LogP contribution >= 0.6 is 0 Å². The summed E-state index contributed by atoms with van der Waals surface area (Å²) in [4.78, 5) is 16.9. The van der Waals surface area contributed by atoms with Gasteiger partial charge in [0.15, 0.2) is 5.82 Å². The van der Waals surface area contributed by atoms with Crippen LogP contribution in [-0.4, -0.2) is 47.3 Å². The molecule has 1 N–H and O–H groups in total. The monoisotopic (exact) mass is 435 g/mol. The van der Waals surface area contributed by atoms with Crippen molar-refractivity contribution in [1.82, 2.24) is 15.2 Å². The largest absolute Gasteiger partial charge is 0.508 e. The van der Waals surface area contributed by atoms with Crippen LogP contribution in [0.5, 0.6) is 0 Å². The minimum atomic E-state index is -0.539. The first-order valence-corrected chi connectivity index (χ1v) is 12.5. The van der Waals surface area contributed by atoms with E-state index in [9.17, 15) is 4.79 Å². The van der Waals surface area contributed by atoms with E-state index < -0.39 is 6.16 Å². The van der Waals surface area contributed by atoms with Crippen LogP contribution in [0.25, 0.3) is 0 Å². The Morgan fingerprint density at radius 3 is 2.74 bits per heavy atom. The van der Waals surface area contributed by atoms with Crippen molar-refractivity contribution in [1.29, 1.82) is 0 Å². The van der Waals surface area contributed by atoms with Gasteiger partial charge in [-0.2, -0.15) is 5.10 Å². The molecular weight excluding hydrogens is 394 g/mol. The zero-order chi connectivity index (χ0) is 21.9. The van der Waals surface area contributed by atoms with E-state index in [1.165, 1.54) is 25.7 Å². The van der Waals surface area contributed by atoms with Crippen molar-refractivity contribution >= 4 is 6.16 Å². The lowest BCUT2D eigenvalue weighted by molar-refractivity contribution is 0.0299. The summed E-state index contributed by atoms with van der Waals surface area (Å²) in [6.07, 6.45) is 13.0. The van der Waals surface area contributed by atoms with E-state index in [0.29, 0.717) is 25.2 Å². The van der Waals surface area contributed by atoms with Gasteiger partial charge in [0.1, 0.15) is 5.82 Å². The summed E-state index contributed by atoms with van der Waals surface area (Å²) in [5.41, 5.74) is 0. The second-order valence-corrected chi connectivity index (χ2v) is 9.14. The smallest absolute Gasteiger partial charge is 0.434 e. The van der Waals surface area contributed by atoms with Gasteiger partial charge in [-0.25, -0.2) is 9.78 Å². The third-order valence-corrected chi connectivity index (χ3v) is 6.81. The predicted molar refractivity (Wildman–Crippen MR) is 119 cm³/mol. The van der Waals surface area contributed by atoms with E-state index in [0.717, 1.165) is 69.6 Å².